The standard InChI is InChI=1S/C32H28N2O5S2/c35-31(33-19-8-20-34-32(36)30-21-26-11-4-6-13-28(26)38-40-30)25-17-15-24(16-18-25)27-12-5-7-14-29(27)39-41(37)22-23-9-2-1-3-10-23/h1-7,9-18,21H,8,19-20,22H2,(H,33,35)(H,34,36). The highest BCUT2D eigenvalue weighted by Crippen LogP contribution is 2.34. The summed E-state index contributed by atoms with van der Waals surface area (Å²) in [6.07, 6.45) is 2.38. The molecule has 0 spiro atoms. The van der Waals surface area contributed by atoms with Gasteiger partial charge in [0.15, 0.2) is 0 Å². The summed E-state index contributed by atoms with van der Waals surface area (Å²) >= 11 is -0.498. The molecule has 4 aromatic carbocycles. The van der Waals surface area contributed by atoms with Crippen LogP contribution in [0.3, 0.4) is 0 Å². The van der Waals surface area contributed by atoms with Crippen molar-refractivity contribution < 1.29 is 22.2 Å². The summed E-state index contributed by atoms with van der Waals surface area (Å²) in [4.78, 5) is 25.6. The topological polar surface area (TPSA) is 93.7 Å². The number of para-hydroxylation sites is 2. The second-order valence-corrected chi connectivity index (χ2v) is 11.0. The molecule has 0 aliphatic carbocycles. The van der Waals surface area contributed by atoms with Crippen molar-refractivity contribution in [1.29, 1.82) is 0 Å². The Morgan fingerprint density at radius 2 is 1.46 bits per heavy atom. The van der Waals surface area contributed by atoms with Crippen molar-refractivity contribution in [3.8, 4) is 22.6 Å². The number of nitrogens with one attached hydrogen (secondary N) is 2. The van der Waals surface area contributed by atoms with Crippen LogP contribution in [-0.4, -0.2) is 29.1 Å². The van der Waals surface area contributed by atoms with Crippen LogP contribution in [0.15, 0.2) is 108 Å². The van der Waals surface area contributed by atoms with Crippen molar-refractivity contribution in [2.45, 2.75) is 12.2 Å². The lowest BCUT2D eigenvalue weighted by Gasteiger charge is -2.15. The fraction of sp³-hybridized carbons (Fsp3) is 0.125. The minimum absolute atomic E-state index is 0.202. The number of amides is 2. The summed E-state index contributed by atoms with van der Waals surface area (Å²) in [6, 6.07) is 31.6. The Balaban J connectivity index is 1.09. The molecule has 0 radical (unpaired) electrons. The van der Waals surface area contributed by atoms with Gasteiger partial charge in [0.25, 0.3) is 11.8 Å². The summed E-state index contributed by atoms with van der Waals surface area (Å²) in [6.45, 7) is 0.830. The first-order valence-corrected chi connectivity index (χ1v) is 15.1. The fourth-order valence-electron chi connectivity index (χ4n) is 4.13. The molecule has 1 aliphatic rings. The Morgan fingerprint density at radius 1 is 0.780 bits per heavy atom. The summed E-state index contributed by atoms with van der Waals surface area (Å²) < 4.78 is 24.0. The van der Waals surface area contributed by atoms with E-state index in [1.807, 2.05) is 84.9 Å². The maximum atomic E-state index is 12.6. The largest absolute Gasteiger partial charge is 0.420 e. The highest BCUT2D eigenvalue weighted by atomic mass is 32.2. The molecule has 0 saturated carbocycles. The Morgan fingerprint density at radius 3 is 2.27 bits per heavy atom. The number of hydrogen-bond acceptors (Lipinski definition) is 6. The molecule has 208 valence electrons. The number of hydrogen-bond donors (Lipinski definition) is 2. The van der Waals surface area contributed by atoms with Gasteiger partial charge in [-0.15, -0.1) is 0 Å². The second kappa shape index (κ2) is 13.8. The number of fused-ring (bicyclic) bond motifs is 1. The monoisotopic (exact) mass is 584 g/mol. The molecule has 1 atom stereocenters. The molecule has 4 aromatic rings. The van der Waals surface area contributed by atoms with Crippen LogP contribution in [0.25, 0.3) is 17.2 Å². The van der Waals surface area contributed by atoms with Gasteiger partial charge in [0, 0.05) is 29.8 Å². The molecule has 2 N–H and O–H groups in total. The number of carbonyl (C=O) groups excluding carboxylic acids is 2. The number of benzene rings is 4. The molecule has 5 rings (SSSR count). The van der Waals surface area contributed by atoms with Crippen LogP contribution in [-0.2, 0) is 21.6 Å². The van der Waals surface area contributed by atoms with E-state index >= 15 is 0 Å². The quantitative estimate of drug-likeness (QED) is 0.168. The van der Waals surface area contributed by atoms with E-state index in [0.29, 0.717) is 35.7 Å². The minimum atomic E-state index is -1.54. The molecule has 9 heteroatoms. The molecular formula is C32H28N2O5S2. The molecule has 7 nitrogen and oxygen atoms in total. The third-order valence-electron chi connectivity index (χ3n) is 6.23. The molecule has 1 heterocycles. The van der Waals surface area contributed by atoms with E-state index in [1.165, 1.54) is 0 Å². The van der Waals surface area contributed by atoms with Gasteiger partial charge in [-0.2, -0.15) is 0 Å². The Hall–Kier alpha value is -4.34. The third kappa shape index (κ3) is 7.65. The van der Waals surface area contributed by atoms with Crippen molar-refractivity contribution in [3.63, 3.8) is 0 Å². The van der Waals surface area contributed by atoms with E-state index in [0.717, 1.165) is 40.0 Å². The predicted molar refractivity (Wildman–Crippen MR) is 163 cm³/mol. The Kier molecular flexibility index (Phi) is 9.51. The summed E-state index contributed by atoms with van der Waals surface area (Å²) in [5, 5.41) is 5.75. The summed E-state index contributed by atoms with van der Waals surface area (Å²) in [5.41, 5.74) is 3.95. The lowest BCUT2D eigenvalue weighted by Crippen LogP contribution is -2.30. The van der Waals surface area contributed by atoms with Gasteiger partial charge in [-0.25, -0.2) is 4.21 Å². The molecule has 0 bridgehead atoms. The molecule has 1 aliphatic heterocycles. The van der Waals surface area contributed by atoms with Crippen molar-refractivity contribution in [3.05, 3.63) is 125 Å². The molecule has 0 saturated heterocycles. The molecule has 0 aromatic heterocycles. The maximum Gasteiger partial charge on any atom is 0.261 e. The van der Waals surface area contributed by atoms with Crippen molar-refractivity contribution >= 4 is 41.0 Å². The van der Waals surface area contributed by atoms with E-state index < -0.39 is 11.1 Å². The van der Waals surface area contributed by atoms with Gasteiger partial charge >= 0.3 is 0 Å². The summed E-state index contributed by atoms with van der Waals surface area (Å²) in [7, 11) is 0. The van der Waals surface area contributed by atoms with Crippen LogP contribution in [0.1, 0.15) is 27.9 Å². The molecule has 0 fully saturated rings. The second-order valence-electron chi connectivity index (χ2n) is 9.17. The van der Waals surface area contributed by atoms with Gasteiger partial charge in [-0.3, -0.25) is 9.59 Å². The van der Waals surface area contributed by atoms with Gasteiger partial charge < -0.3 is 19.0 Å². The number of rotatable bonds is 11. The smallest absolute Gasteiger partial charge is 0.261 e. The Bertz CT molecular complexity index is 1570. The zero-order valence-electron chi connectivity index (χ0n) is 22.1. The van der Waals surface area contributed by atoms with Crippen LogP contribution in [0.4, 0.5) is 0 Å². The van der Waals surface area contributed by atoms with E-state index in [2.05, 4.69) is 10.6 Å². The van der Waals surface area contributed by atoms with Crippen molar-refractivity contribution in [2.75, 3.05) is 13.1 Å². The van der Waals surface area contributed by atoms with Gasteiger partial charge in [-0.1, -0.05) is 78.9 Å². The van der Waals surface area contributed by atoms with Crippen LogP contribution in [0.5, 0.6) is 11.5 Å². The van der Waals surface area contributed by atoms with Gasteiger partial charge in [0.2, 0.25) is 11.1 Å². The lowest BCUT2D eigenvalue weighted by molar-refractivity contribution is -0.116. The highest BCUT2D eigenvalue weighted by molar-refractivity contribution is 8.00. The first-order valence-electron chi connectivity index (χ1n) is 13.1. The van der Waals surface area contributed by atoms with Crippen LogP contribution in [0.2, 0.25) is 0 Å². The lowest BCUT2D eigenvalue weighted by atomic mass is 10.0. The molecule has 2 amide bonds. The first kappa shape index (κ1) is 28.2. The van der Waals surface area contributed by atoms with Gasteiger partial charge in [0.1, 0.15) is 16.4 Å². The van der Waals surface area contributed by atoms with Gasteiger partial charge in [-0.05, 0) is 47.9 Å². The van der Waals surface area contributed by atoms with E-state index in [4.69, 9.17) is 8.37 Å². The zero-order chi connectivity index (χ0) is 28.4. The molecular weight excluding hydrogens is 556 g/mol. The summed E-state index contributed by atoms with van der Waals surface area (Å²) in [5.74, 6) is 1.13. The third-order valence-corrected chi connectivity index (χ3v) is 7.91. The van der Waals surface area contributed by atoms with Crippen LogP contribution >= 0.6 is 12.0 Å². The van der Waals surface area contributed by atoms with Crippen molar-refractivity contribution in [2.24, 2.45) is 0 Å². The van der Waals surface area contributed by atoms with Crippen LogP contribution in [0, 0.1) is 0 Å². The van der Waals surface area contributed by atoms with E-state index in [-0.39, 0.29) is 17.6 Å². The minimum Gasteiger partial charge on any atom is -0.420 e. The number of carbonyl (C=O) groups is 2. The van der Waals surface area contributed by atoms with Crippen LogP contribution < -0.4 is 19.0 Å². The zero-order valence-corrected chi connectivity index (χ0v) is 23.7. The predicted octanol–water partition coefficient (Wildman–Crippen LogP) is 5.91. The highest BCUT2D eigenvalue weighted by Gasteiger charge is 2.18. The van der Waals surface area contributed by atoms with Gasteiger partial charge in [0.05, 0.1) is 17.8 Å². The van der Waals surface area contributed by atoms with Crippen molar-refractivity contribution in [1.82, 2.24) is 10.6 Å². The normalized spacial score (nSPS) is 12.7. The SMILES string of the molecule is O=C(NCCCNC(=O)c1ccc(-c2ccccc2OS(=O)Cc2ccccc2)cc1)C1=Cc2ccccc2OS1. The average Bonchev–Trinajstić information content (AvgIpc) is 3.01. The molecule has 41 heavy (non-hydrogen) atoms. The average molecular weight is 585 g/mol. The Labute approximate surface area is 245 Å². The maximum absolute atomic E-state index is 12.6. The fourth-order valence-corrected chi connectivity index (χ4v) is 5.66. The first-order chi connectivity index (χ1) is 20.1. The van der Waals surface area contributed by atoms with E-state index in [9.17, 15) is 13.8 Å². The van der Waals surface area contributed by atoms with E-state index in [1.54, 1.807) is 24.3 Å². The molecule has 1 unspecified atom stereocenters.